The third-order valence-corrected chi connectivity index (χ3v) is 2.78. The first-order valence-electron chi connectivity index (χ1n) is 5.06. The van der Waals surface area contributed by atoms with Gasteiger partial charge in [-0.1, -0.05) is 6.07 Å². The molecule has 2 aliphatic rings. The Kier molecular flexibility index (Phi) is 3.03. The molecule has 1 aromatic rings. The molecule has 0 saturated carbocycles. The van der Waals surface area contributed by atoms with Gasteiger partial charge in [-0.25, -0.2) is 0 Å². The predicted molar refractivity (Wildman–Crippen MR) is 60.1 cm³/mol. The minimum atomic E-state index is 0. The van der Waals surface area contributed by atoms with Gasteiger partial charge in [0.05, 0.1) is 0 Å². The van der Waals surface area contributed by atoms with E-state index in [1.165, 1.54) is 11.1 Å². The van der Waals surface area contributed by atoms with Gasteiger partial charge in [0.2, 0.25) is 0 Å². The van der Waals surface area contributed by atoms with Crippen LogP contribution in [0.1, 0.15) is 11.1 Å². The van der Waals surface area contributed by atoms with E-state index in [4.69, 9.17) is 9.47 Å². The lowest BCUT2D eigenvalue weighted by Gasteiger charge is -2.25. The van der Waals surface area contributed by atoms with Gasteiger partial charge in [-0.2, -0.15) is 0 Å². The molecule has 0 aliphatic carbocycles. The zero-order chi connectivity index (χ0) is 9.38. The van der Waals surface area contributed by atoms with Gasteiger partial charge in [0.1, 0.15) is 13.2 Å². The van der Waals surface area contributed by atoms with Crippen molar-refractivity contribution in [2.24, 2.45) is 0 Å². The molecule has 3 nitrogen and oxygen atoms in total. The molecule has 82 valence electrons. The van der Waals surface area contributed by atoms with Crippen molar-refractivity contribution in [2.45, 2.75) is 13.0 Å². The molecule has 0 atom stereocenters. The Morgan fingerprint density at radius 1 is 1.13 bits per heavy atom. The number of nitrogens with one attached hydrogen (secondary N) is 1. The van der Waals surface area contributed by atoms with Gasteiger partial charge in [-0.15, -0.1) is 12.4 Å². The number of rotatable bonds is 0. The summed E-state index contributed by atoms with van der Waals surface area (Å²) in [5.74, 6) is 1.90. The molecule has 4 heteroatoms. The molecule has 1 aromatic carbocycles. The average Bonchev–Trinajstić information content (AvgIpc) is 2.29. The van der Waals surface area contributed by atoms with E-state index in [9.17, 15) is 0 Å². The summed E-state index contributed by atoms with van der Waals surface area (Å²) in [5.41, 5.74) is 2.68. The molecule has 0 spiro atoms. The van der Waals surface area contributed by atoms with Crippen LogP contribution in [0.5, 0.6) is 11.5 Å². The first kappa shape index (κ1) is 10.6. The van der Waals surface area contributed by atoms with Crippen molar-refractivity contribution in [1.29, 1.82) is 0 Å². The normalized spacial score (nSPS) is 17.6. The molecule has 0 radical (unpaired) electrons. The molecule has 0 saturated heterocycles. The first-order chi connectivity index (χ1) is 6.95. The number of hydrogen-bond donors (Lipinski definition) is 1. The van der Waals surface area contributed by atoms with Gasteiger partial charge in [-0.05, 0) is 24.6 Å². The fraction of sp³-hybridized carbons (Fsp3) is 0.455. The highest BCUT2D eigenvalue weighted by Crippen LogP contribution is 2.36. The summed E-state index contributed by atoms with van der Waals surface area (Å²) in [5, 5.41) is 3.35. The molecular formula is C11H14ClNO2. The third kappa shape index (κ3) is 1.77. The molecule has 1 N–H and O–H groups in total. The molecule has 0 bridgehead atoms. The van der Waals surface area contributed by atoms with E-state index in [0.717, 1.165) is 31.0 Å². The van der Waals surface area contributed by atoms with Gasteiger partial charge < -0.3 is 14.8 Å². The Morgan fingerprint density at radius 3 is 2.93 bits per heavy atom. The molecule has 0 fully saturated rings. The summed E-state index contributed by atoms with van der Waals surface area (Å²) in [6.07, 6.45) is 1.04. The van der Waals surface area contributed by atoms with Crippen molar-refractivity contribution in [3.63, 3.8) is 0 Å². The maximum Gasteiger partial charge on any atom is 0.164 e. The van der Waals surface area contributed by atoms with Crippen LogP contribution in [0, 0.1) is 0 Å². The number of fused-ring (bicyclic) bond motifs is 3. The van der Waals surface area contributed by atoms with E-state index in [2.05, 4.69) is 11.4 Å². The monoisotopic (exact) mass is 227 g/mol. The van der Waals surface area contributed by atoms with Crippen LogP contribution in [0.4, 0.5) is 0 Å². The second kappa shape index (κ2) is 4.29. The first-order valence-corrected chi connectivity index (χ1v) is 5.06. The minimum Gasteiger partial charge on any atom is -0.486 e. The lowest BCUT2D eigenvalue weighted by atomic mass is 9.99. The zero-order valence-corrected chi connectivity index (χ0v) is 9.23. The fourth-order valence-electron chi connectivity index (χ4n) is 2.09. The van der Waals surface area contributed by atoms with Gasteiger partial charge >= 0.3 is 0 Å². The van der Waals surface area contributed by atoms with Crippen molar-refractivity contribution in [2.75, 3.05) is 19.8 Å². The van der Waals surface area contributed by atoms with Crippen molar-refractivity contribution >= 4 is 12.4 Å². The maximum atomic E-state index is 5.67. The SMILES string of the molecule is Cl.c1cc2c(c3c1CNCC3)OCCO2. The van der Waals surface area contributed by atoms with Crippen molar-refractivity contribution in [1.82, 2.24) is 5.32 Å². The van der Waals surface area contributed by atoms with Crippen LogP contribution < -0.4 is 14.8 Å². The Balaban J connectivity index is 0.000000853. The number of ether oxygens (including phenoxy) is 2. The summed E-state index contributed by atoms with van der Waals surface area (Å²) in [6.45, 7) is 3.33. The molecule has 2 heterocycles. The van der Waals surface area contributed by atoms with E-state index in [-0.39, 0.29) is 12.4 Å². The summed E-state index contributed by atoms with van der Waals surface area (Å²) in [4.78, 5) is 0. The van der Waals surface area contributed by atoms with E-state index < -0.39 is 0 Å². The Morgan fingerprint density at radius 2 is 2.00 bits per heavy atom. The second-order valence-corrected chi connectivity index (χ2v) is 3.65. The molecular weight excluding hydrogens is 214 g/mol. The highest BCUT2D eigenvalue weighted by molar-refractivity contribution is 5.85. The minimum absolute atomic E-state index is 0. The Hall–Kier alpha value is -0.930. The maximum absolute atomic E-state index is 5.67. The molecule has 15 heavy (non-hydrogen) atoms. The predicted octanol–water partition coefficient (Wildman–Crippen LogP) is 1.53. The highest BCUT2D eigenvalue weighted by Gasteiger charge is 2.20. The van der Waals surface area contributed by atoms with Crippen LogP contribution in [0.2, 0.25) is 0 Å². The number of benzene rings is 1. The van der Waals surface area contributed by atoms with E-state index in [0.29, 0.717) is 13.2 Å². The van der Waals surface area contributed by atoms with Gasteiger partial charge in [0.25, 0.3) is 0 Å². The molecule has 0 amide bonds. The van der Waals surface area contributed by atoms with Crippen LogP contribution in [-0.2, 0) is 13.0 Å². The summed E-state index contributed by atoms with van der Waals surface area (Å²) in [6, 6.07) is 4.15. The lowest BCUT2D eigenvalue weighted by Crippen LogP contribution is -2.26. The number of halogens is 1. The average molecular weight is 228 g/mol. The van der Waals surface area contributed by atoms with Crippen molar-refractivity contribution in [3.8, 4) is 11.5 Å². The van der Waals surface area contributed by atoms with Crippen molar-refractivity contribution < 1.29 is 9.47 Å². The van der Waals surface area contributed by atoms with Gasteiger partial charge in [0.15, 0.2) is 11.5 Å². The van der Waals surface area contributed by atoms with Crippen LogP contribution in [0.15, 0.2) is 12.1 Å². The lowest BCUT2D eigenvalue weighted by molar-refractivity contribution is 0.169. The van der Waals surface area contributed by atoms with Crippen LogP contribution in [-0.4, -0.2) is 19.8 Å². The van der Waals surface area contributed by atoms with Gasteiger partial charge in [0, 0.05) is 12.1 Å². The Labute approximate surface area is 95.2 Å². The molecule has 2 aliphatic heterocycles. The zero-order valence-electron chi connectivity index (χ0n) is 8.41. The van der Waals surface area contributed by atoms with Crippen molar-refractivity contribution in [3.05, 3.63) is 23.3 Å². The third-order valence-electron chi connectivity index (χ3n) is 2.78. The smallest absolute Gasteiger partial charge is 0.164 e. The summed E-state index contributed by atoms with van der Waals surface area (Å²) in [7, 11) is 0. The fourth-order valence-corrected chi connectivity index (χ4v) is 2.09. The van der Waals surface area contributed by atoms with E-state index in [1.807, 2.05) is 6.07 Å². The quantitative estimate of drug-likeness (QED) is 0.729. The number of hydrogen-bond acceptors (Lipinski definition) is 3. The topological polar surface area (TPSA) is 30.5 Å². The highest BCUT2D eigenvalue weighted by atomic mass is 35.5. The van der Waals surface area contributed by atoms with E-state index in [1.54, 1.807) is 0 Å². The molecule has 3 rings (SSSR count). The summed E-state index contributed by atoms with van der Waals surface area (Å²) < 4.78 is 11.2. The van der Waals surface area contributed by atoms with Crippen LogP contribution >= 0.6 is 12.4 Å². The Bertz CT molecular complexity index is 333. The standard InChI is InChI=1S/C11H13NO2.ClH/c1-2-10-11(14-6-5-13-10)9-3-4-12-7-8(1)9;/h1-2,12H,3-7H2;1H. The van der Waals surface area contributed by atoms with Crippen LogP contribution in [0.3, 0.4) is 0 Å². The largest absolute Gasteiger partial charge is 0.486 e. The summed E-state index contributed by atoms with van der Waals surface area (Å²) >= 11 is 0. The molecule has 0 unspecified atom stereocenters. The van der Waals surface area contributed by atoms with E-state index >= 15 is 0 Å². The second-order valence-electron chi connectivity index (χ2n) is 3.65. The van der Waals surface area contributed by atoms with Crippen LogP contribution in [0.25, 0.3) is 0 Å². The van der Waals surface area contributed by atoms with Gasteiger partial charge in [-0.3, -0.25) is 0 Å². The molecule has 0 aromatic heterocycles.